The van der Waals surface area contributed by atoms with Crippen LogP contribution in [0, 0.1) is 0 Å². The zero-order chi connectivity index (χ0) is 14.2. The number of hydrogen-bond donors (Lipinski definition) is 1. The number of aromatic nitrogens is 3. The van der Waals surface area contributed by atoms with Gasteiger partial charge in [-0.05, 0) is 5.92 Å². The summed E-state index contributed by atoms with van der Waals surface area (Å²) in [7, 11) is 0. The molecule has 0 aliphatic heterocycles. The fourth-order valence-corrected chi connectivity index (χ4v) is 2.51. The van der Waals surface area contributed by atoms with Crippen molar-refractivity contribution in [2.45, 2.75) is 46.0 Å². The molecule has 0 saturated heterocycles. The summed E-state index contributed by atoms with van der Waals surface area (Å²) in [6, 6.07) is 1.55. The summed E-state index contributed by atoms with van der Waals surface area (Å²) in [5.74, 6) is 0.782. The molecule has 2 heterocycles. The lowest BCUT2D eigenvalue weighted by atomic mass is 9.98. The third kappa shape index (κ3) is 3.10. The van der Waals surface area contributed by atoms with Gasteiger partial charge in [0.25, 0.3) is 5.56 Å². The van der Waals surface area contributed by atoms with Crippen molar-refractivity contribution in [3.8, 4) is 11.5 Å². The maximum Gasteiger partial charge on any atom is 0.251 e. The number of thiazole rings is 1. The highest BCUT2D eigenvalue weighted by atomic mass is 32.1. The minimum Gasteiger partial charge on any atom is -0.305 e. The van der Waals surface area contributed by atoms with Gasteiger partial charge in [0.05, 0.1) is 10.7 Å². The zero-order valence-corrected chi connectivity index (χ0v) is 12.8. The number of H-pyrrole nitrogens is 1. The summed E-state index contributed by atoms with van der Waals surface area (Å²) in [5.41, 5.74) is 1.43. The van der Waals surface area contributed by atoms with E-state index in [0.717, 1.165) is 16.4 Å². The molecule has 4 nitrogen and oxygen atoms in total. The number of rotatable bonds is 2. The Labute approximate surface area is 117 Å². The van der Waals surface area contributed by atoms with E-state index in [-0.39, 0.29) is 16.9 Å². The molecule has 19 heavy (non-hydrogen) atoms. The SMILES string of the molecule is CC(C)c1cc(=O)[nH]c(-c2csc(C(C)(C)C)n2)n1. The minimum absolute atomic E-state index is 0.0128. The largest absolute Gasteiger partial charge is 0.305 e. The number of nitrogens with zero attached hydrogens (tertiary/aromatic N) is 2. The van der Waals surface area contributed by atoms with E-state index < -0.39 is 0 Å². The average Bonchev–Trinajstić information content (AvgIpc) is 2.76. The maximum atomic E-state index is 11.7. The lowest BCUT2D eigenvalue weighted by Crippen LogP contribution is -2.12. The first-order valence-electron chi connectivity index (χ1n) is 6.35. The summed E-state index contributed by atoms with van der Waals surface area (Å²) in [4.78, 5) is 23.5. The zero-order valence-electron chi connectivity index (χ0n) is 11.9. The van der Waals surface area contributed by atoms with Crippen LogP contribution in [0.25, 0.3) is 11.5 Å². The van der Waals surface area contributed by atoms with Gasteiger partial charge in [0.2, 0.25) is 0 Å². The molecule has 2 rings (SSSR count). The molecule has 0 aliphatic carbocycles. The molecule has 5 heteroatoms. The van der Waals surface area contributed by atoms with Crippen LogP contribution in [0.4, 0.5) is 0 Å². The molecule has 0 aromatic carbocycles. The van der Waals surface area contributed by atoms with Gasteiger partial charge >= 0.3 is 0 Å². The Morgan fingerprint density at radius 3 is 2.47 bits per heavy atom. The second-order valence-corrected chi connectivity index (χ2v) is 6.82. The second kappa shape index (κ2) is 4.89. The fraction of sp³-hybridized carbons (Fsp3) is 0.500. The number of nitrogens with one attached hydrogen (secondary N) is 1. The molecule has 0 atom stereocenters. The normalized spacial score (nSPS) is 12.1. The van der Waals surface area contributed by atoms with Crippen LogP contribution < -0.4 is 5.56 Å². The predicted octanol–water partition coefficient (Wildman–Crippen LogP) is 3.31. The Morgan fingerprint density at radius 1 is 1.26 bits per heavy atom. The summed E-state index contributed by atoms with van der Waals surface area (Å²) in [6.07, 6.45) is 0. The van der Waals surface area contributed by atoms with Gasteiger partial charge < -0.3 is 4.98 Å². The van der Waals surface area contributed by atoms with Crippen LogP contribution >= 0.6 is 11.3 Å². The van der Waals surface area contributed by atoms with Crippen molar-refractivity contribution < 1.29 is 0 Å². The van der Waals surface area contributed by atoms with Gasteiger partial charge in [-0.25, -0.2) is 9.97 Å². The van der Waals surface area contributed by atoms with Crippen molar-refractivity contribution in [2.24, 2.45) is 0 Å². The van der Waals surface area contributed by atoms with Gasteiger partial charge in [-0.3, -0.25) is 4.79 Å². The first-order valence-corrected chi connectivity index (χ1v) is 7.23. The van der Waals surface area contributed by atoms with Gasteiger partial charge in [0, 0.05) is 16.9 Å². The molecule has 102 valence electrons. The van der Waals surface area contributed by atoms with Crippen LogP contribution in [-0.4, -0.2) is 15.0 Å². The van der Waals surface area contributed by atoms with Crippen molar-refractivity contribution in [2.75, 3.05) is 0 Å². The summed E-state index contributed by atoms with van der Waals surface area (Å²) in [5, 5.41) is 2.99. The van der Waals surface area contributed by atoms with Crippen LogP contribution in [0.1, 0.15) is 51.2 Å². The molecule has 0 saturated carbocycles. The molecule has 0 spiro atoms. The molecule has 2 aromatic rings. The van der Waals surface area contributed by atoms with Crippen LogP contribution in [0.2, 0.25) is 0 Å². The molecule has 0 amide bonds. The molecule has 1 N–H and O–H groups in total. The minimum atomic E-state index is -0.126. The molecule has 2 aromatic heterocycles. The Morgan fingerprint density at radius 2 is 1.95 bits per heavy atom. The Bertz CT molecular complexity index is 635. The van der Waals surface area contributed by atoms with Gasteiger partial charge in [-0.1, -0.05) is 34.6 Å². The van der Waals surface area contributed by atoms with Crippen molar-refractivity contribution in [1.29, 1.82) is 0 Å². The van der Waals surface area contributed by atoms with Crippen molar-refractivity contribution in [3.63, 3.8) is 0 Å². The molecule has 0 aliphatic rings. The van der Waals surface area contributed by atoms with Crippen molar-refractivity contribution in [1.82, 2.24) is 15.0 Å². The van der Waals surface area contributed by atoms with Crippen LogP contribution in [0.5, 0.6) is 0 Å². The highest BCUT2D eigenvalue weighted by molar-refractivity contribution is 7.10. The summed E-state index contributed by atoms with van der Waals surface area (Å²) in [6.45, 7) is 10.4. The van der Waals surface area contributed by atoms with E-state index in [9.17, 15) is 4.79 Å². The van der Waals surface area contributed by atoms with Gasteiger partial charge in [0.15, 0.2) is 5.82 Å². The third-order valence-corrected chi connectivity index (χ3v) is 4.01. The first-order chi connectivity index (χ1) is 8.77. The van der Waals surface area contributed by atoms with E-state index in [0.29, 0.717) is 5.82 Å². The molecular weight excluding hydrogens is 258 g/mol. The second-order valence-electron chi connectivity index (χ2n) is 5.96. The highest BCUT2D eigenvalue weighted by Crippen LogP contribution is 2.28. The van der Waals surface area contributed by atoms with Gasteiger partial charge in [0.1, 0.15) is 5.69 Å². The lowest BCUT2D eigenvalue weighted by molar-refractivity contribution is 0.585. The van der Waals surface area contributed by atoms with Crippen LogP contribution in [0.15, 0.2) is 16.2 Å². The van der Waals surface area contributed by atoms with E-state index in [2.05, 4.69) is 35.7 Å². The van der Waals surface area contributed by atoms with Crippen LogP contribution in [-0.2, 0) is 5.41 Å². The molecule has 0 radical (unpaired) electrons. The van der Waals surface area contributed by atoms with E-state index >= 15 is 0 Å². The first kappa shape index (κ1) is 13.9. The predicted molar refractivity (Wildman–Crippen MR) is 78.8 cm³/mol. The average molecular weight is 277 g/mol. The lowest BCUT2D eigenvalue weighted by Gasteiger charge is -2.13. The highest BCUT2D eigenvalue weighted by Gasteiger charge is 2.19. The van der Waals surface area contributed by atoms with E-state index in [1.807, 2.05) is 19.2 Å². The maximum absolute atomic E-state index is 11.7. The Hall–Kier alpha value is -1.49. The summed E-state index contributed by atoms with van der Waals surface area (Å²) >= 11 is 1.60. The summed E-state index contributed by atoms with van der Waals surface area (Å²) < 4.78 is 0. The Kier molecular flexibility index (Phi) is 3.58. The van der Waals surface area contributed by atoms with Crippen molar-refractivity contribution in [3.05, 3.63) is 32.5 Å². The van der Waals surface area contributed by atoms with E-state index in [1.54, 1.807) is 17.4 Å². The standard InChI is InChI=1S/C14H19N3OS/c1-8(2)9-6-11(18)17-12(15-9)10-7-19-13(16-10)14(3,4)5/h6-8H,1-5H3,(H,15,17,18). The molecular formula is C14H19N3OS. The number of hydrogen-bond acceptors (Lipinski definition) is 4. The van der Waals surface area contributed by atoms with E-state index in [1.165, 1.54) is 0 Å². The fourth-order valence-electron chi connectivity index (χ4n) is 1.62. The smallest absolute Gasteiger partial charge is 0.251 e. The number of aromatic amines is 1. The van der Waals surface area contributed by atoms with Gasteiger partial charge in [-0.2, -0.15) is 0 Å². The third-order valence-electron chi connectivity index (χ3n) is 2.74. The topological polar surface area (TPSA) is 58.6 Å². The van der Waals surface area contributed by atoms with Crippen molar-refractivity contribution >= 4 is 11.3 Å². The van der Waals surface area contributed by atoms with Gasteiger partial charge in [-0.15, -0.1) is 11.3 Å². The van der Waals surface area contributed by atoms with Crippen LogP contribution in [0.3, 0.4) is 0 Å². The Balaban J connectivity index is 2.47. The van der Waals surface area contributed by atoms with E-state index in [4.69, 9.17) is 0 Å². The molecule has 0 fully saturated rings. The molecule has 0 unspecified atom stereocenters. The monoisotopic (exact) mass is 277 g/mol. The quantitative estimate of drug-likeness (QED) is 0.916. The molecule has 0 bridgehead atoms.